The van der Waals surface area contributed by atoms with E-state index in [1.54, 1.807) is 25.4 Å². The molecule has 2 aromatic heterocycles. The summed E-state index contributed by atoms with van der Waals surface area (Å²) in [6.07, 6.45) is 4.56. The van der Waals surface area contributed by atoms with Crippen LogP contribution in [0.4, 0.5) is 5.95 Å². The predicted octanol–water partition coefficient (Wildman–Crippen LogP) is 4.84. The SMILES string of the molecule is COc1ccccc1-c1cc(C(=O)Nc2nc3ccccc3n2C2CCC(O)CC2)ccn1. The second-order valence-corrected chi connectivity index (χ2v) is 8.34. The molecule has 0 unspecified atom stereocenters. The van der Waals surface area contributed by atoms with Gasteiger partial charge in [-0.25, -0.2) is 4.98 Å². The van der Waals surface area contributed by atoms with Crippen molar-refractivity contribution in [3.8, 4) is 17.0 Å². The number of hydrogen-bond donors (Lipinski definition) is 2. The summed E-state index contributed by atoms with van der Waals surface area (Å²) in [6.45, 7) is 0. The molecule has 4 aromatic rings. The van der Waals surface area contributed by atoms with Crippen LogP contribution in [-0.2, 0) is 0 Å². The van der Waals surface area contributed by atoms with Gasteiger partial charge in [0.25, 0.3) is 5.91 Å². The molecule has 0 radical (unpaired) electrons. The van der Waals surface area contributed by atoms with Crippen LogP contribution in [0.5, 0.6) is 5.75 Å². The van der Waals surface area contributed by atoms with Crippen molar-refractivity contribution in [1.82, 2.24) is 14.5 Å². The number of aliphatic hydroxyl groups excluding tert-OH is 1. The normalized spacial score (nSPS) is 18.2. The molecule has 2 aromatic carbocycles. The van der Waals surface area contributed by atoms with Crippen LogP contribution in [0.1, 0.15) is 42.1 Å². The molecule has 7 nitrogen and oxygen atoms in total. The van der Waals surface area contributed by atoms with E-state index in [-0.39, 0.29) is 18.1 Å². The molecule has 1 aliphatic carbocycles. The zero-order chi connectivity index (χ0) is 22.8. The van der Waals surface area contributed by atoms with Crippen molar-refractivity contribution in [2.24, 2.45) is 0 Å². The van der Waals surface area contributed by atoms with Gasteiger partial charge in [-0.1, -0.05) is 24.3 Å². The number of imidazole rings is 1. The molecule has 0 bridgehead atoms. The molecule has 33 heavy (non-hydrogen) atoms. The maximum Gasteiger partial charge on any atom is 0.258 e. The standard InChI is InChI=1S/C26H26N4O3/c1-33-24-9-5-2-6-20(24)22-16-17(14-15-27-22)25(32)29-26-28-21-7-3-4-8-23(21)30(26)18-10-12-19(31)13-11-18/h2-9,14-16,18-19,31H,10-13H2,1H3,(H,28,29,32). The van der Waals surface area contributed by atoms with Crippen LogP contribution < -0.4 is 10.1 Å². The lowest BCUT2D eigenvalue weighted by Crippen LogP contribution is -2.23. The largest absolute Gasteiger partial charge is 0.496 e. The highest BCUT2D eigenvalue weighted by Gasteiger charge is 2.25. The van der Waals surface area contributed by atoms with Crippen LogP contribution in [0.2, 0.25) is 0 Å². The summed E-state index contributed by atoms with van der Waals surface area (Å²) in [5.41, 5.74) is 3.79. The van der Waals surface area contributed by atoms with Crippen molar-refractivity contribution in [3.05, 3.63) is 72.4 Å². The third-order valence-corrected chi connectivity index (χ3v) is 6.26. The van der Waals surface area contributed by atoms with E-state index in [0.717, 1.165) is 42.3 Å². The first kappa shape index (κ1) is 21.2. The zero-order valence-electron chi connectivity index (χ0n) is 18.4. The van der Waals surface area contributed by atoms with Gasteiger partial charge in [-0.3, -0.25) is 15.1 Å². The van der Waals surface area contributed by atoms with Crippen molar-refractivity contribution in [2.45, 2.75) is 37.8 Å². The Morgan fingerprint density at radius 1 is 1.06 bits per heavy atom. The molecule has 1 amide bonds. The Morgan fingerprint density at radius 2 is 1.82 bits per heavy atom. The fourth-order valence-corrected chi connectivity index (χ4v) is 4.57. The molecule has 2 N–H and O–H groups in total. The Hall–Kier alpha value is -3.71. The summed E-state index contributed by atoms with van der Waals surface area (Å²) in [5.74, 6) is 0.975. The maximum atomic E-state index is 13.3. The van der Waals surface area contributed by atoms with Gasteiger partial charge in [-0.2, -0.15) is 0 Å². The fraction of sp³-hybridized carbons (Fsp3) is 0.269. The van der Waals surface area contributed by atoms with Crippen molar-refractivity contribution in [3.63, 3.8) is 0 Å². The number of hydrogen-bond acceptors (Lipinski definition) is 5. The van der Waals surface area contributed by atoms with Crippen molar-refractivity contribution in [2.75, 3.05) is 12.4 Å². The number of aliphatic hydroxyl groups is 1. The zero-order valence-corrected chi connectivity index (χ0v) is 18.4. The summed E-state index contributed by atoms with van der Waals surface area (Å²) in [7, 11) is 1.62. The highest BCUT2D eigenvalue weighted by atomic mass is 16.5. The summed E-state index contributed by atoms with van der Waals surface area (Å²) in [6, 6.07) is 19.1. The topological polar surface area (TPSA) is 89.3 Å². The maximum absolute atomic E-state index is 13.3. The molecule has 0 spiro atoms. The minimum Gasteiger partial charge on any atom is -0.496 e. The van der Waals surface area contributed by atoms with E-state index < -0.39 is 0 Å². The Kier molecular flexibility index (Phi) is 5.79. The average Bonchev–Trinajstić information content (AvgIpc) is 3.22. The summed E-state index contributed by atoms with van der Waals surface area (Å²) >= 11 is 0. The van der Waals surface area contributed by atoms with E-state index in [2.05, 4.69) is 14.9 Å². The number of rotatable bonds is 5. The van der Waals surface area contributed by atoms with Gasteiger partial charge in [0.2, 0.25) is 5.95 Å². The number of methoxy groups -OCH3 is 1. The first-order valence-electron chi connectivity index (χ1n) is 11.2. The molecule has 2 heterocycles. The summed E-state index contributed by atoms with van der Waals surface area (Å²) < 4.78 is 7.56. The summed E-state index contributed by atoms with van der Waals surface area (Å²) in [5, 5.41) is 13.0. The fourth-order valence-electron chi connectivity index (χ4n) is 4.57. The van der Waals surface area contributed by atoms with Crippen LogP contribution in [0.15, 0.2) is 66.9 Å². The molecule has 5 rings (SSSR count). The van der Waals surface area contributed by atoms with Gasteiger partial charge in [-0.15, -0.1) is 0 Å². The number of carbonyl (C=O) groups excluding carboxylic acids is 1. The molecular weight excluding hydrogens is 416 g/mol. The lowest BCUT2D eigenvalue weighted by Gasteiger charge is -2.28. The first-order valence-corrected chi connectivity index (χ1v) is 11.2. The lowest BCUT2D eigenvalue weighted by atomic mass is 9.93. The predicted molar refractivity (Wildman–Crippen MR) is 127 cm³/mol. The van der Waals surface area contributed by atoms with E-state index >= 15 is 0 Å². The van der Waals surface area contributed by atoms with Crippen LogP contribution in [0, 0.1) is 0 Å². The Morgan fingerprint density at radius 3 is 2.64 bits per heavy atom. The number of nitrogens with zero attached hydrogens (tertiary/aromatic N) is 3. The molecule has 1 fully saturated rings. The van der Waals surface area contributed by atoms with E-state index in [4.69, 9.17) is 9.72 Å². The number of carbonyl (C=O) groups is 1. The highest BCUT2D eigenvalue weighted by Crippen LogP contribution is 2.35. The van der Waals surface area contributed by atoms with Crippen molar-refractivity contribution in [1.29, 1.82) is 0 Å². The van der Waals surface area contributed by atoms with Crippen LogP contribution in [0.25, 0.3) is 22.3 Å². The van der Waals surface area contributed by atoms with Gasteiger partial charge in [0.1, 0.15) is 5.75 Å². The van der Waals surface area contributed by atoms with Gasteiger partial charge in [0.05, 0.1) is 29.9 Å². The molecule has 1 saturated carbocycles. The second-order valence-electron chi connectivity index (χ2n) is 8.34. The third-order valence-electron chi connectivity index (χ3n) is 6.26. The molecule has 7 heteroatoms. The molecular formula is C26H26N4O3. The summed E-state index contributed by atoms with van der Waals surface area (Å²) in [4.78, 5) is 22.4. The van der Waals surface area contributed by atoms with E-state index in [9.17, 15) is 9.90 Å². The molecule has 1 aliphatic rings. The number of ether oxygens (including phenoxy) is 1. The van der Waals surface area contributed by atoms with Crippen molar-refractivity contribution >= 4 is 22.9 Å². The quantitative estimate of drug-likeness (QED) is 0.462. The Labute approximate surface area is 192 Å². The average molecular weight is 443 g/mol. The Balaban J connectivity index is 1.47. The van der Waals surface area contributed by atoms with Gasteiger partial charge in [0.15, 0.2) is 0 Å². The minimum atomic E-state index is -0.251. The van der Waals surface area contributed by atoms with Crippen LogP contribution >= 0.6 is 0 Å². The number of nitrogens with one attached hydrogen (secondary N) is 1. The molecule has 0 saturated heterocycles. The van der Waals surface area contributed by atoms with E-state index in [1.807, 2.05) is 48.5 Å². The third kappa shape index (κ3) is 4.19. The minimum absolute atomic E-state index is 0.178. The van der Waals surface area contributed by atoms with Gasteiger partial charge < -0.3 is 14.4 Å². The molecule has 0 aliphatic heterocycles. The highest BCUT2D eigenvalue weighted by molar-refractivity contribution is 6.04. The lowest BCUT2D eigenvalue weighted by molar-refractivity contribution is 0.102. The van der Waals surface area contributed by atoms with Gasteiger partial charge in [-0.05, 0) is 62.1 Å². The number of pyridine rings is 1. The van der Waals surface area contributed by atoms with Crippen LogP contribution in [0.3, 0.4) is 0 Å². The number of aromatic nitrogens is 3. The van der Waals surface area contributed by atoms with E-state index in [0.29, 0.717) is 23.0 Å². The number of fused-ring (bicyclic) bond motifs is 1. The number of para-hydroxylation sites is 3. The Bertz CT molecular complexity index is 1290. The van der Waals surface area contributed by atoms with Crippen LogP contribution in [-0.4, -0.2) is 38.8 Å². The van der Waals surface area contributed by atoms with Gasteiger partial charge >= 0.3 is 0 Å². The smallest absolute Gasteiger partial charge is 0.258 e. The second kappa shape index (κ2) is 9.03. The number of benzene rings is 2. The van der Waals surface area contributed by atoms with Gasteiger partial charge in [0, 0.05) is 23.4 Å². The molecule has 168 valence electrons. The first-order chi connectivity index (χ1) is 16.1. The van der Waals surface area contributed by atoms with E-state index in [1.165, 1.54) is 0 Å². The number of anilines is 1. The van der Waals surface area contributed by atoms with Crippen molar-refractivity contribution < 1.29 is 14.6 Å². The molecule has 0 atom stereocenters. The monoisotopic (exact) mass is 442 g/mol. The number of amides is 1.